The molecule has 1 unspecified atom stereocenters. The Balaban J connectivity index is 2.01. The summed E-state index contributed by atoms with van der Waals surface area (Å²) >= 11 is 3.17. The molecule has 0 aliphatic carbocycles. The SMILES string of the molecule is CCOC(=O)C1CCCN(C(=O)c2ccc(Br)o2)C1. The molecule has 19 heavy (non-hydrogen) atoms. The summed E-state index contributed by atoms with van der Waals surface area (Å²) in [5, 5.41) is 0. The van der Waals surface area contributed by atoms with Crippen LogP contribution in [-0.4, -0.2) is 36.5 Å². The summed E-state index contributed by atoms with van der Waals surface area (Å²) < 4.78 is 10.8. The van der Waals surface area contributed by atoms with Crippen LogP contribution in [0.4, 0.5) is 0 Å². The lowest BCUT2D eigenvalue weighted by Gasteiger charge is -2.30. The lowest BCUT2D eigenvalue weighted by Crippen LogP contribution is -2.42. The molecule has 1 fully saturated rings. The molecule has 1 aliphatic rings. The fraction of sp³-hybridized carbons (Fsp3) is 0.538. The number of ether oxygens (including phenoxy) is 1. The molecule has 2 heterocycles. The van der Waals surface area contributed by atoms with E-state index in [-0.39, 0.29) is 23.6 Å². The van der Waals surface area contributed by atoms with Crippen LogP contribution in [0, 0.1) is 5.92 Å². The fourth-order valence-electron chi connectivity index (χ4n) is 2.20. The summed E-state index contributed by atoms with van der Waals surface area (Å²) in [6.07, 6.45) is 1.57. The van der Waals surface area contributed by atoms with Crippen molar-refractivity contribution in [3.8, 4) is 0 Å². The van der Waals surface area contributed by atoms with Crippen molar-refractivity contribution in [2.75, 3.05) is 19.7 Å². The Labute approximate surface area is 120 Å². The molecule has 0 saturated carbocycles. The van der Waals surface area contributed by atoms with E-state index >= 15 is 0 Å². The van der Waals surface area contributed by atoms with Gasteiger partial charge < -0.3 is 14.1 Å². The van der Waals surface area contributed by atoms with Crippen molar-refractivity contribution in [3.05, 3.63) is 22.6 Å². The Bertz CT molecular complexity index is 471. The van der Waals surface area contributed by atoms with Crippen molar-refractivity contribution in [1.82, 2.24) is 4.90 Å². The van der Waals surface area contributed by atoms with Gasteiger partial charge in [-0.1, -0.05) is 0 Å². The summed E-state index contributed by atoms with van der Waals surface area (Å²) in [5.41, 5.74) is 0. The number of halogens is 1. The van der Waals surface area contributed by atoms with Gasteiger partial charge in [0.1, 0.15) is 0 Å². The zero-order chi connectivity index (χ0) is 13.8. The Morgan fingerprint density at radius 2 is 2.32 bits per heavy atom. The van der Waals surface area contributed by atoms with E-state index in [0.29, 0.717) is 24.4 Å². The second-order valence-electron chi connectivity index (χ2n) is 4.45. The van der Waals surface area contributed by atoms with Crippen molar-refractivity contribution < 1.29 is 18.7 Å². The van der Waals surface area contributed by atoms with Gasteiger partial charge in [0.25, 0.3) is 5.91 Å². The van der Waals surface area contributed by atoms with E-state index in [0.717, 1.165) is 12.8 Å². The molecule has 1 atom stereocenters. The van der Waals surface area contributed by atoms with Gasteiger partial charge in [0.15, 0.2) is 10.4 Å². The predicted octanol–water partition coefficient (Wildman–Crippen LogP) is 2.46. The Hall–Kier alpha value is -1.30. The number of carbonyl (C=O) groups is 2. The molecule has 0 spiro atoms. The first-order valence-corrected chi connectivity index (χ1v) is 7.12. The average Bonchev–Trinajstić information content (AvgIpc) is 2.85. The molecular formula is C13H16BrNO4. The van der Waals surface area contributed by atoms with Gasteiger partial charge in [-0.3, -0.25) is 9.59 Å². The zero-order valence-corrected chi connectivity index (χ0v) is 12.3. The molecule has 0 radical (unpaired) electrons. The third-order valence-corrected chi connectivity index (χ3v) is 3.54. The summed E-state index contributed by atoms with van der Waals surface area (Å²) in [4.78, 5) is 25.6. The average molecular weight is 330 g/mol. The number of likely N-dealkylation sites (tertiary alicyclic amines) is 1. The van der Waals surface area contributed by atoms with Crippen molar-refractivity contribution in [2.24, 2.45) is 5.92 Å². The molecule has 1 saturated heterocycles. The highest BCUT2D eigenvalue weighted by molar-refractivity contribution is 9.10. The van der Waals surface area contributed by atoms with E-state index in [1.807, 2.05) is 0 Å². The number of rotatable bonds is 3. The number of furan rings is 1. The molecule has 1 aromatic heterocycles. The van der Waals surface area contributed by atoms with Crippen LogP contribution in [0.2, 0.25) is 0 Å². The highest BCUT2D eigenvalue weighted by Crippen LogP contribution is 2.21. The summed E-state index contributed by atoms with van der Waals surface area (Å²) in [6.45, 7) is 3.20. The van der Waals surface area contributed by atoms with Gasteiger partial charge in [0, 0.05) is 13.1 Å². The smallest absolute Gasteiger partial charge is 0.310 e. The van der Waals surface area contributed by atoms with Crippen molar-refractivity contribution in [2.45, 2.75) is 19.8 Å². The van der Waals surface area contributed by atoms with Gasteiger partial charge in [-0.15, -0.1) is 0 Å². The molecular weight excluding hydrogens is 314 g/mol. The normalized spacial score (nSPS) is 19.3. The molecule has 104 valence electrons. The second kappa shape index (κ2) is 6.23. The van der Waals surface area contributed by atoms with Crippen LogP contribution in [0.3, 0.4) is 0 Å². The van der Waals surface area contributed by atoms with Gasteiger partial charge in [0.05, 0.1) is 12.5 Å². The number of hydrogen-bond acceptors (Lipinski definition) is 4. The van der Waals surface area contributed by atoms with E-state index in [1.165, 1.54) is 0 Å². The maximum atomic E-state index is 12.2. The number of amides is 1. The van der Waals surface area contributed by atoms with Crippen LogP contribution in [0.5, 0.6) is 0 Å². The second-order valence-corrected chi connectivity index (χ2v) is 5.23. The quantitative estimate of drug-likeness (QED) is 0.799. The first-order chi connectivity index (χ1) is 9.11. The molecule has 1 aliphatic heterocycles. The van der Waals surface area contributed by atoms with Gasteiger partial charge in [-0.2, -0.15) is 0 Å². The van der Waals surface area contributed by atoms with Gasteiger partial charge in [0.2, 0.25) is 0 Å². The van der Waals surface area contributed by atoms with E-state index in [9.17, 15) is 9.59 Å². The molecule has 0 aromatic carbocycles. The standard InChI is InChI=1S/C13H16BrNO4/c1-2-18-13(17)9-4-3-7-15(8-9)12(16)10-5-6-11(14)19-10/h5-6,9H,2-4,7-8H2,1H3. The highest BCUT2D eigenvalue weighted by atomic mass is 79.9. The van der Waals surface area contributed by atoms with Crippen molar-refractivity contribution in [3.63, 3.8) is 0 Å². The summed E-state index contributed by atoms with van der Waals surface area (Å²) in [6, 6.07) is 3.31. The van der Waals surface area contributed by atoms with Gasteiger partial charge in [-0.25, -0.2) is 0 Å². The lowest BCUT2D eigenvalue weighted by molar-refractivity contribution is -0.149. The third kappa shape index (κ3) is 3.37. The molecule has 5 nitrogen and oxygen atoms in total. The van der Waals surface area contributed by atoms with E-state index < -0.39 is 0 Å². The topological polar surface area (TPSA) is 59.8 Å². The Kier molecular flexibility index (Phi) is 4.63. The van der Waals surface area contributed by atoms with Crippen LogP contribution in [0.15, 0.2) is 21.2 Å². The highest BCUT2D eigenvalue weighted by Gasteiger charge is 2.30. The number of esters is 1. The Morgan fingerprint density at radius 3 is 2.95 bits per heavy atom. The maximum absolute atomic E-state index is 12.2. The number of piperidine rings is 1. The first kappa shape index (κ1) is 14.1. The van der Waals surface area contributed by atoms with E-state index in [2.05, 4.69) is 15.9 Å². The summed E-state index contributed by atoms with van der Waals surface area (Å²) in [7, 11) is 0. The molecule has 2 rings (SSSR count). The lowest BCUT2D eigenvalue weighted by atomic mass is 9.98. The summed E-state index contributed by atoms with van der Waals surface area (Å²) in [5.74, 6) is -0.340. The number of carbonyl (C=O) groups excluding carboxylic acids is 2. The van der Waals surface area contributed by atoms with Crippen molar-refractivity contribution in [1.29, 1.82) is 0 Å². The maximum Gasteiger partial charge on any atom is 0.310 e. The zero-order valence-electron chi connectivity index (χ0n) is 10.7. The minimum Gasteiger partial charge on any atom is -0.466 e. The van der Waals surface area contributed by atoms with Crippen LogP contribution in [0.25, 0.3) is 0 Å². The molecule has 1 aromatic rings. The monoisotopic (exact) mass is 329 g/mol. The Morgan fingerprint density at radius 1 is 1.53 bits per heavy atom. The van der Waals surface area contributed by atoms with Crippen LogP contribution < -0.4 is 0 Å². The van der Waals surface area contributed by atoms with Crippen LogP contribution in [0.1, 0.15) is 30.3 Å². The largest absolute Gasteiger partial charge is 0.466 e. The molecule has 0 N–H and O–H groups in total. The van der Waals surface area contributed by atoms with Crippen LogP contribution >= 0.6 is 15.9 Å². The number of hydrogen-bond donors (Lipinski definition) is 0. The molecule has 1 amide bonds. The third-order valence-electron chi connectivity index (χ3n) is 3.11. The first-order valence-electron chi connectivity index (χ1n) is 6.33. The van der Waals surface area contributed by atoms with Gasteiger partial charge in [-0.05, 0) is 47.8 Å². The molecule has 0 bridgehead atoms. The minimum absolute atomic E-state index is 0.181. The molecule has 6 heteroatoms. The minimum atomic E-state index is -0.226. The number of nitrogens with zero attached hydrogens (tertiary/aromatic N) is 1. The van der Waals surface area contributed by atoms with Crippen molar-refractivity contribution >= 4 is 27.8 Å². The fourth-order valence-corrected chi connectivity index (χ4v) is 2.51. The van der Waals surface area contributed by atoms with E-state index in [4.69, 9.17) is 9.15 Å². The van der Waals surface area contributed by atoms with E-state index in [1.54, 1.807) is 24.0 Å². The predicted molar refractivity (Wildman–Crippen MR) is 71.7 cm³/mol. The van der Waals surface area contributed by atoms with Crippen LogP contribution in [-0.2, 0) is 9.53 Å². The van der Waals surface area contributed by atoms with Gasteiger partial charge >= 0.3 is 5.97 Å².